The van der Waals surface area contributed by atoms with Crippen molar-refractivity contribution >= 4 is 20.9 Å². The molecule has 2 N–H and O–H groups in total. The van der Waals surface area contributed by atoms with Gasteiger partial charge in [-0.15, -0.1) is 0 Å². The van der Waals surface area contributed by atoms with E-state index in [0.29, 0.717) is 24.9 Å². The molecule has 1 aromatic heterocycles. The number of rotatable bonds is 8. The Hall–Kier alpha value is -2.44. The second-order valence-corrected chi connectivity index (χ2v) is 8.68. The van der Waals surface area contributed by atoms with E-state index in [0.717, 1.165) is 28.5 Å². The van der Waals surface area contributed by atoms with Gasteiger partial charge in [-0.2, -0.15) is 0 Å². The van der Waals surface area contributed by atoms with Crippen molar-refractivity contribution in [1.82, 2.24) is 9.71 Å². The van der Waals surface area contributed by atoms with Crippen LogP contribution in [0.2, 0.25) is 0 Å². The number of aromatic nitrogens is 1. The highest BCUT2D eigenvalue weighted by molar-refractivity contribution is 7.89. The molecule has 0 aliphatic rings. The molecule has 1 heterocycles. The molecule has 0 aliphatic heterocycles. The van der Waals surface area contributed by atoms with Gasteiger partial charge < -0.3 is 4.98 Å². The summed E-state index contributed by atoms with van der Waals surface area (Å²) < 4.78 is 27.0. The van der Waals surface area contributed by atoms with Crippen molar-refractivity contribution in [2.24, 2.45) is 0 Å². The molecule has 6 heteroatoms. The second kappa shape index (κ2) is 8.50. The van der Waals surface area contributed by atoms with Crippen molar-refractivity contribution < 1.29 is 8.42 Å². The molecule has 0 amide bonds. The number of benzene rings is 2. The van der Waals surface area contributed by atoms with Gasteiger partial charge in [0, 0.05) is 17.6 Å². The first-order chi connectivity index (χ1) is 12.9. The van der Waals surface area contributed by atoms with Crippen molar-refractivity contribution in [3.05, 3.63) is 81.6 Å². The molecular weight excluding hydrogens is 360 g/mol. The molecule has 5 nitrogen and oxygen atoms in total. The molecule has 0 aliphatic carbocycles. The van der Waals surface area contributed by atoms with E-state index in [2.05, 4.69) is 9.71 Å². The zero-order chi connectivity index (χ0) is 19.3. The molecule has 3 aromatic rings. The van der Waals surface area contributed by atoms with Crippen LogP contribution in [-0.2, 0) is 22.9 Å². The lowest BCUT2D eigenvalue weighted by Gasteiger charge is -2.08. The SMILES string of the molecule is Cc1cc2cc(CCNS(=O)(=O)CCCc3ccccc3)ccc2[nH]c1=O. The summed E-state index contributed by atoms with van der Waals surface area (Å²) in [6, 6.07) is 17.5. The normalized spacial score (nSPS) is 11.7. The summed E-state index contributed by atoms with van der Waals surface area (Å²) in [6.45, 7) is 2.13. The monoisotopic (exact) mass is 384 g/mol. The lowest BCUT2D eigenvalue weighted by atomic mass is 10.1. The number of hydrogen-bond acceptors (Lipinski definition) is 3. The van der Waals surface area contributed by atoms with Gasteiger partial charge in [0.05, 0.1) is 5.75 Å². The van der Waals surface area contributed by atoms with Gasteiger partial charge >= 0.3 is 0 Å². The fourth-order valence-electron chi connectivity index (χ4n) is 3.05. The van der Waals surface area contributed by atoms with Crippen molar-refractivity contribution in [1.29, 1.82) is 0 Å². The molecule has 0 atom stereocenters. The van der Waals surface area contributed by atoms with Crippen LogP contribution in [0.15, 0.2) is 59.4 Å². The number of sulfonamides is 1. The lowest BCUT2D eigenvalue weighted by Crippen LogP contribution is -2.28. The quantitative estimate of drug-likeness (QED) is 0.627. The van der Waals surface area contributed by atoms with E-state index in [1.165, 1.54) is 0 Å². The molecule has 3 rings (SSSR count). The minimum atomic E-state index is -3.27. The minimum Gasteiger partial charge on any atom is -0.322 e. The smallest absolute Gasteiger partial charge is 0.251 e. The Morgan fingerprint density at radius 3 is 2.52 bits per heavy atom. The van der Waals surface area contributed by atoms with Crippen LogP contribution in [0.4, 0.5) is 0 Å². The third-order valence-corrected chi connectivity index (χ3v) is 6.02. The fraction of sp³-hybridized carbons (Fsp3) is 0.286. The molecule has 0 radical (unpaired) electrons. The Balaban J connectivity index is 1.51. The molecule has 0 fully saturated rings. The summed E-state index contributed by atoms with van der Waals surface area (Å²) in [6.07, 6.45) is 1.96. The van der Waals surface area contributed by atoms with Crippen LogP contribution in [0.1, 0.15) is 23.1 Å². The van der Waals surface area contributed by atoms with Crippen molar-refractivity contribution in [2.45, 2.75) is 26.2 Å². The first-order valence-corrected chi connectivity index (χ1v) is 10.7. The summed E-state index contributed by atoms with van der Waals surface area (Å²) in [5.74, 6) is 0.125. The molecule has 0 saturated heterocycles. The maximum atomic E-state index is 12.2. The molecule has 0 bridgehead atoms. The molecule has 0 spiro atoms. The number of fused-ring (bicyclic) bond motifs is 1. The average Bonchev–Trinajstić information content (AvgIpc) is 2.63. The van der Waals surface area contributed by atoms with Gasteiger partial charge in [0.25, 0.3) is 5.56 Å². The van der Waals surface area contributed by atoms with E-state index in [9.17, 15) is 13.2 Å². The maximum Gasteiger partial charge on any atom is 0.251 e. The zero-order valence-corrected chi connectivity index (χ0v) is 16.2. The number of pyridine rings is 1. The van der Waals surface area contributed by atoms with Crippen LogP contribution < -0.4 is 10.3 Å². The van der Waals surface area contributed by atoms with Crippen LogP contribution in [-0.4, -0.2) is 25.7 Å². The third-order valence-electron chi connectivity index (χ3n) is 4.55. The summed E-state index contributed by atoms with van der Waals surface area (Å²) in [5, 5.41) is 0.954. The molecule has 0 unspecified atom stereocenters. The molecule has 27 heavy (non-hydrogen) atoms. The Morgan fingerprint density at radius 2 is 1.74 bits per heavy atom. The Morgan fingerprint density at radius 1 is 0.963 bits per heavy atom. The number of aryl methyl sites for hydroxylation is 2. The second-order valence-electron chi connectivity index (χ2n) is 6.76. The minimum absolute atomic E-state index is 0.0847. The van der Waals surface area contributed by atoms with E-state index < -0.39 is 10.0 Å². The van der Waals surface area contributed by atoms with Gasteiger partial charge in [-0.1, -0.05) is 36.4 Å². The first-order valence-electron chi connectivity index (χ1n) is 9.07. The number of H-pyrrole nitrogens is 1. The van der Waals surface area contributed by atoms with Crippen molar-refractivity contribution in [2.75, 3.05) is 12.3 Å². The van der Waals surface area contributed by atoms with Crippen LogP contribution in [0.5, 0.6) is 0 Å². The van der Waals surface area contributed by atoms with Crippen molar-refractivity contribution in [3.63, 3.8) is 0 Å². The van der Waals surface area contributed by atoms with E-state index in [4.69, 9.17) is 0 Å². The molecular formula is C21H24N2O3S. The number of aromatic amines is 1. The zero-order valence-electron chi connectivity index (χ0n) is 15.4. The van der Waals surface area contributed by atoms with E-state index in [1.807, 2.05) is 54.6 Å². The van der Waals surface area contributed by atoms with Gasteiger partial charge in [0.1, 0.15) is 0 Å². The van der Waals surface area contributed by atoms with E-state index in [-0.39, 0.29) is 11.3 Å². The summed E-state index contributed by atoms with van der Waals surface area (Å²) in [5.41, 5.74) is 3.55. The predicted octanol–water partition coefficient (Wildman–Crippen LogP) is 2.93. The van der Waals surface area contributed by atoms with Crippen LogP contribution in [0, 0.1) is 6.92 Å². The molecule has 0 saturated carbocycles. The fourth-order valence-corrected chi connectivity index (χ4v) is 4.14. The summed E-state index contributed by atoms with van der Waals surface area (Å²) >= 11 is 0. The van der Waals surface area contributed by atoms with Gasteiger partial charge in [-0.3, -0.25) is 4.79 Å². The van der Waals surface area contributed by atoms with Crippen molar-refractivity contribution in [3.8, 4) is 0 Å². The molecule has 142 valence electrons. The Bertz CT molecular complexity index is 1070. The highest BCUT2D eigenvalue weighted by Gasteiger charge is 2.09. The topological polar surface area (TPSA) is 79.0 Å². The van der Waals surface area contributed by atoms with Crippen LogP contribution in [0.3, 0.4) is 0 Å². The maximum absolute atomic E-state index is 12.2. The number of hydrogen-bond donors (Lipinski definition) is 2. The highest BCUT2D eigenvalue weighted by Crippen LogP contribution is 2.14. The average molecular weight is 385 g/mol. The summed E-state index contributed by atoms with van der Waals surface area (Å²) in [4.78, 5) is 14.5. The van der Waals surface area contributed by atoms with Gasteiger partial charge in [-0.25, -0.2) is 13.1 Å². The lowest BCUT2D eigenvalue weighted by molar-refractivity contribution is 0.579. The Kier molecular flexibility index (Phi) is 6.08. The van der Waals surface area contributed by atoms with E-state index >= 15 is 0 Å². The molecule has 2 aromatic carbocycles. The van der Waals surface area contributed by atoms with Gasteiger partial charge in [-0.05, 0) is 60.9 Å². The van der Waals surface area contributed by atoms with E-state index in [1.54, 1.807) is 6.92 Å². The van der Waals surface area contributed by atoms with Gasteiger partial charge in [0.15, 0.2) is 0 Å². The predicted molar refractivity (Wildman–Crippen MR) is 110 cm³/mol. The van der Waals surface area contributed by atoms with Crippen LogP contribution >= 0.6 is 0 Å². The largest absolute Gasteiger partial charge is 0.322 e. The Labute approximate surface area is 159 Å². The standard InChI is InChI=1S/C21H24N2O3S/c1-16-14-19-15-18(9-10-20(19)23-21(16)24)11-12-22-27(25,26)13-5-8-17-6-3-2-4-7-17/h2-4,6-7,9-10,14-15,22H,5,8,11-13H2,1H3,(H,23,24). The number of nitrogens with one attached hydrogen (secondary N) is 2. The highest BCUT2D eigenvalue weighted by atomic mass is 32.2. The van der Waals surface area contributed by atoms with Crippen LogP contribution in [0.25, 0.3) is 10.9 Å². The summed E-state index contributed by atoms with van der Waals surface area (Å²) in [7, 11) is -3.27. The van der Waals surface area contributed by atoms with Gasteiger partial charge in [0.2, 0.25) is 10.0 Å². The first kappa shape index (κ1) is 19.3. The third kappa shape index (κ3) is 5.52.